The summed E-state index contributed by atoms with van der Waals surface area (Å²) < 4.78 is 1.70. The summed E-state index contributed by atoms with van der Waals surface area (Å²) in [6, 6.07) is 0. The fraction of sp³-hybridized carbons (Fsp3) is 0.333. The van der Waals surface area contributed by atoms with Gasteiger partial charge < -0.3 is 0 Å². The van der Waals surface area contributed by atoms with Crippen molar-refractivity contribution in [3.8, 4) is 0 Å². The Labute approximate surface area is 54.0 Å². The topological polar surface area (TPSA) is 30.7 Å². The van der Waals surface area contributed by atoms with Gasteiger partial charge in [0.1, 0.15) is 11.6 Å². The smallest absolute Gasteiger partial charge is 0.150 e. The van der Waals surface area contributed by atoms with Crippen molar-refractivity contribution in [2.45, 2.75) is 6.92 Å². The van der Waals surface area contributed by atoms with Gasteiger partial charge in [-0.15, -0.1) is 0 Å². The summed E-state index contributed by atoms with van der Waals surface area (Å²) in [7, 11) is 1.84. The summed E-state index contributed by atoms with van der Waals surface area (Å²) in [5, 5.41) is 4.02. The maximum Gasteiger partial charge on any atom is 0.150 e. The minimum absolute atomic E-state index is 0.785. The maximum absolute atomic E-state index is 4.06. The van der Waals surface area contributed by atoms with E-state index >= 15 is 0 Å². The van der Waals surface area contributed by atoms with Crippen molar-refractivity contribution in [1.29, 1.82) is 0 Å². The highest BCUT2D eigenvalue weighted by atomic mass is 15.3. The molecule has 48 valence electrons. The number of hydrogen-bond donors (Lipinski definition) is 0. The minimum atomic E-state index is 0.785. The van der Waals surface area contributed by atoms with Crippen LogP contribution in [0.5, 0.6) is 0 Å². The molecule has 0 aliphatic rings. The summed E-state index contributed by atoms with van der Waals surface area (Å²) in [6.07, 6.45) is 1.68. The van der Waals surface area contributed by atoms with Crippen molar-refractivity contribution in [3.63, 3.8) is 0 Å². The number of nitrogens with zero attached hydrogens (tertiary/aromatic N) is 3. The first-order valence-corrected chi connectivity index (χ1v) is 2.74. The summed E-state index contributed by atoms with van der Waals surface area (Å²) in [5.74, 6) is 1.60. The van der Waals surface area contributed by atoms with Crippen molar-refractivity contribution in [2.24, 2.45) is 7.05 Å². The standard InChI is InChI=1S/C6H9N3/c1-4-6-7-5(2)8-9(6)3/h4H,1H2,2-3H3. The van der Waals surface area contributed by atoms with Gasteiger partial charge in [-0.3, -0.25) is 0 Å². The summed E-state index contributed by atoms with van der Waals surface area (Å²) >= 11 is 0. The molecular formula is C6H9N3. The first-order valence-electron chi connectivity index (χ1n) is 2.74. The SMILES string of the molecule is C=Cc1nc(C)nn1C. The average molecular weight is 123 g/mol. The van der Waals surface area contributed by atoms with E-state index in [0.29, 0.717) is 0 Å². The van der Waals surface area contributed by atoms with E-state index in [1.165, 1.54) is 0 Å². The fourth-order valence-corrected chi connectivity index (χ4v) is 0.707. The molecule has 0 N–H and O–H groups in total. The number of hydrogen-bond acceptors (Lipinski definition) is 2. The normalized spacial score (nSPS) is 9.56. The van der Waals surface area contributed by atoms with Crippen LogP contribution in [0.2, 0.25) is 0 Å². The molecule has 0 saturated carbocycles. The van der Waals surface area contributed by atoms with Gasteiger partial charge in [0.2, 0.25) is 0 Å². The molecule has 1 heterocycles. The molecule has 1 aromatic heterocycles. The molecule has 0 saturated heterocycles. The second kappa shape index (κ2) is 2.01. The van der Waals surface area contributed by atoms with E-state index in [9.17, 15) is 0 Å². The van der Waals surface area contributed by atoms with Gasteiger partial charge in [-0.2, -0.15) is 5.10 Å². The molecule has 0 spiro atoms. The molecule has 0 aliphatic carbocycles. The second-order valence-electron chi connectivity index (χ2n) is 1.84. The van der Waals surface area contributed by atoms with Crippen LogP contribution < -0.4 is 0 Å². The zero-order chi connectivity index (χ0) is 6.85. The first kappa shape index (κ1) is 6.01. The maximum atomic E-state index is 4.06. The lowest BCUT2D eigenvalue weighted by atomic mass is 10.6. The van der Waals surface area contributed by atoms with Crippen LogP contribution >= 0.6 is 0 Å². The van der Waals surface area contributed by atoms with Gasteiger partial charge in [-0.1, -0.05) is 6.58 Å². The average Bonchev–Trinajstić information content (AvgIpc) is 2.10. The zero-order valence-electron chi connectivity index (χ0n) is 5.63. The van der Waals surface area contributed by atoms with Gasteiger partial charge in [0.15, 0.2) is 0 Å². The Morgan fingerprint density at radius 3 is 2.56 bits per heavy atom. The van der Waals surface area contributed by atoms with Crippen molar-refractivity contribution < 1.29 is 0 Å². The molecule has 0 atom stereocenters. The summed E-state index contributed by atoms with van der Waals surface area (Å²) in [4.78, 5) is 4.06. The predicted octanol–water partition coefficient (Wildman–Crippen LogP) is 0.767. The zero-order valence-corrected chi connectivity index (χ0v) is 5.63. The van der Waals surface area contributed by atoms with Crippen molar-refractivity contribution in [2.75, 3.05) is 0 Å². The van der Waals surface area contributed by atoms with E-state index in [-0.39, 0.29) is 0 Å². The third-order valence-electron chi connectivity index (χ3n) is 1.09. The highest BCUT2D eigenvalue weighted by Gasteiger charge is 1.95. The Morgan fingerprint density at radius 2 is 2.33 bits per heavy atom. The molecule has 3 nitrogen and oxygen atoms in total. The van der Waals surface area contributed by atoms with Crippen LogP contribution in [0.15, 0.2) is 6.58 Å². The Morgan fingerprint density at radius 1 is 1.67 bits per heavy atom. The Balaban J connectivity index is 3.15. The van der Waals surface area contributed by atoms with Gasteiger partial charge in [0.25, 0.3) is 0 Å². The highest BCUT2D eigenvalue weighted by molar-refractivity contribution is 5.35. The first-order chi connectivity index (χ1) is 4.24. The Bertz CT molecular complexity index is 224. The van der Waals surface area contributed by atoms with Gasteiger partial charge in [0, 0.05) is 7.05 Å². The molecule has 3 heteroatoms. The molecular weight excluding hydrogens is 114 g/mol. The summed E-state index contributed by atoms with van der Waals surface area (Å²) in [5.41, 5.74) is 0. The molecule has 0 fully saturated rings. The van der Waals surface area contributed by atoms with Crippen LogP contribution in [0.25, 0.3) is 6.08 Å². The Hall–Kier alpha value is -1.12. The van der Waals surface area contributed by atoms with Crippen molar-refractivity contribution in [1.82, 2.24) is 14.8 Å². The van der Waals surface area contributed by atoms with Gasteiger partial charge in [-0.05, 0) is 13.0 Å². The monoisotopic (exact) mass is 123 g/mol. The van der Waals surface area contributed by atoms with E-state index in [1.807, 2.05) is 14.0 Å². The number of aromatic nitrogens is 3. The van der Waals surface area contributed by atoms with E-state index in [1.54, 1.807) is 10.8 Å². The van der Waals surface area contributed by atoms with E-state index < -0.39 is 0 Å². The van der Waals surface area contributed by atoms with Gasteiger partial charge >= 0.3 is 0 Å². The second-order valence-corrected chi connectivity index (χ2v) is 1.84. The predicted molar refractivity (Wildman–Crippen MR) is 35.8 cm³/mol. The molecule has 0 aromatic carbocycles. The van der Waals surface area contributed by atoms with E-state index in [0.717, 1.165) is 11.6 Å². The van der Waals surface area contributed by atoms with Crippen molar-refractivity contribution >= 4 is 6.08 Å². The molecule has 0 radical (unpaired) electrons. The molecule has 0 unspecified atom stereocenters. The van der Waals surface area contributed by atoms with Crippen LogP contribution in [0.3, 0.4) is 0 Å². The quantitative estimate of drug-likeness (QED) is 0.552. The Kier molecular flexibility index (Phi) is 1.34. The van der Waals surface area contributed by atoms with Crippen LogP contribution in [-0.4, -0.2) is 14.8 Å². The lowest BCUT2D eigenvalue weighted by Gasteiger charge is -1.86. The highest BCUT2D eigenvalue weighted by Crippen LogP contribution is 1.94. The van der Waals surface area contributed by atoms with Crippen LogP contribution in [0.4, 0.5) is 0 Å². The molecule has 0 aliphatic heterocycles. The van der Waals surface area contributed by atoms with Crippen LogP contribution in [0.1, 0.15) is 11.6 Å². The minimum Gasteiger partial charge on any atom is -0.249 e. The fourth-order valence-electron chi connectivity index (χ4n) is 0.707. The van der Waals surface area contributed by atoms with Gasteiger partial charge in [-0.25, -0.2) is 9.67 Å². The van der Waals surface area contributed by atoms with Gasteiger partial charge in [0.05, 0.1) is 0 Å². The number of rotatable bonds is 1. The van der Waals surface area contributed by atoms with E-state index in [2.05, 4.69) is 16.7 Å². The molecule has 1 aromatic rings. The van der Waals surface area contributed by atoms with E-state index in [4.69, 9.17) is 0 Å². The third kappa shape index (κ3) is 0.988. The molecule has 0 amide bonds. The third-order valence-corrected chi connectivity index (χ3v) is 1.09. The van der Waals surface area contributed by atoms with Crippen LogP contribution in [-0.2, 0) is 7.05 Å². The van der Waals surface area contributed by atoms with Crippen LogP contribution in [0, 0.1) is 6.92 Å². The summed E-state index contributed by atoms with van der Waals surface area (Å²) in [6.45, 7) is 5.44. The van der Waals surface area contributed by atoms with Crippen molar-refractivity contribution in [3.05, 3.63) is 18.2 Å². The lowest BCUT2D eigenvalue weighted by Crippen LogP contribution is -1.92. The molecule has 0 bridgehead atoms. The number of aryl methyl sites for hydroxylation is 2. The largest absolute Gasteiger partial charge is 0.249 e. The lowest BCUT2D eigenvalue weighted by molar-refractivity contribution is 0.748. The molecule has 9 heavy (non-hydrogen) atoms. The molecule has 1 rings (SSSR count).